The molecule has 0 radical (unpaired) electrons. The van der Waals surface area contributed by atoms with Crippen molar-refractivity contribution in [3.8, 4) is 11.5 Å². The number of halogens is 1. The third-order valence-electron chi connectivity index (χ3n) is 3.71. The highest BCUT2D eigenvalue weighted by atomic mass is 35.5. The average Bonchev–Trinajstić information content (AvgIpc) is 2.67. The second-order valence-electron chi connectivity index (χ2n) is 6.18. The predicted octanol–water partition coefficient (Wildman–Crippen LogP) is 5.14. The summed E-state index contributed by atoms with van der Waals surface area (Å²) in [6, 6.07) is 10.3. The number of hydrogen-bond acceptors (Lipinski definition) is 4. The molecule has 0 aliphatic carbocycles. The molecule has 0 heterocycles. The number of ether oxygens (including phenoxy) is 2. The van der Waals surface area contributed by atoms with Crippen LogP contribution < -0.4 is 20.1 Å². The quantitative estimate of drug-likeness (QED) is 0.555. The van der Waals surface area contributed by atoms with Crippen LogP contribution in [0.15, 0.2) is 42.5 Å². The maximum Gasteiger partial charge on any atom is 0.248 e. The molecule has 0 fully saturated rings. The van der Waals surface area contributed by atoms with Gasteiger partial charge in [0.15, 0.2) is 11.5 Å². The van der Waals surface area contributed by atoms with Gasteiger partial charge in [0.25, 0.3) is 0 Å². The predicted molar refractivity (Wildman–Crippen MR) is 117 cm³/mol. The summed E-state index contributed by atoms with van der Waals surface area (Å²) in [5, 5.41) is 5.83. The molecule has 2 amide bonds. The first-order chi connectivity index (χ1) is 13.9. The van der Waals surface area contributed by atoms with Gasteiger partial charge in [0.2, 0.25) is 11.8 Å². The van der Waals surface area contributed by atoms with E-state index in [1.807, 2.05) is 32.0 Å². The molecule has 2 aromatic carbocycles. The minimum Gasteiger partial charge on any atom is -0.490 e. The van der Waals surface area contributed by atoms with Crippen molar-refractivity contribution in [3.63, 3.8) is 0 Å². The van der Waals surface area contributed by atoms with E-state index >= 15 is 0 Å². The summed E-state index contributed by atoms with van der Waals surface area (Å²) >= 11 is 6.00. The van der Waals surface area contributed by atoms with Gasteiger partial charge in [0.05, 0.1) is 24.6 Å². The van der Waals surface area contributed by atoms with Crippen LogP contribution in [-0.2, 0) is 9.59 Å². The summed E-state index contributed by atoms with van der Waals surface area (Å²) in [7, 11) is 0. The minimum atomic E-state index is -0.358. The molecule has 2 N–H and O–H groups in total. The van der Waals surface area contributed by atoms with Crippen molar-refractivity contribution in [2.75, 3.05) is 23.8 Å². The van der Waals surface area contributed by atoms with Crippen molar-refractivity contribution < 1.29 is 19.1 Å². The summed E-state index contributed by atoms with van der Waals surface area (Å²) in [6.45, 7) is 6.44. The number of benzene rings is 2. The lowest BCUT2D eigenvalue weighted by molar-refractivity contribution is -0.114. The summed E-state index contributed by atoms with van der Waals surface area (Å²) < 4.78 is 11.3. The Morgan fingerprint density at radius 3 is 2.48 bits per heavy atom. The second kappa shape index (κ2) is 11.1. The smallest absolute Gasteiger partial charge is 0.248 e. The standard InChI is InChI=1S/C22H25ClN2O4/c1-4-12-29-20-10-6-16(13-21(20)28-5-2)7-11-22(27)25-19-14-17(23)8-9-18(19)24-15(3)26/h6-11,13-14H,4-5,12H2,1-3H3,(H,24,26)(H,25,27). The summed E-state index contributed by atoms with van der Waals surface area (Å²) in [5.41, 5.74) is 1.68. The fraction of sp³-hybridized carbons (Fsp3) is 0.273. The topological polar surface area (TPSA) is 76.7 Å². The van der Waals surface area contributed by atoms with E-state index < -0.39 is 0 Å². The van der Waals surface area contributed by atoms with Crippen LogP contribution >= 0.6 is 11.6 Å². The van der Waals surface area contributed by atoms with Crippen molar-refractivity contribution in [1.29, 1.82) is 0 Å². The Balaban J connectivity index is 2.13. The third-order valence-corrected chi connectivity index (χ3v) is 3.94. The van der Waals surface area contributed by atoms with Gasteiger partial charge < -0.3 is 20.1 Å². The molecule has 0 saturated heterocycles. The molecule has 0 aromatic heterocycles. The van der Waals surface area contributed by atoms with E-state index in [0.29, 0.717) is 41.1 Å². The van der Waals surface area contributed by atoms with Gasteiger partial charge >= 0.3 is 0 Å². The van der Waals surface area contributed by atoms with E-state index in [9.17, 15) is 9.59 Å². The molecule has 7 heteroatoms. The van der Waals surface area contributed by atoms with Gasteiger partial charge in [-0.1, -0.05) is 24.6 Å². The lowest BCUT2D eigenvalue weighted by Gasteiger charge is -2.12. The number of rotatable bonds is 9. The monoisotopic (exact) mass is 416 g/mol. The maximum absolute atomic E-state index is 12.3. The molecule has 6 nitrogen and oxygen atoms in total. The van der Waals surface area contributed by atoms with Crippen LogP contribution in [0.25, 0.3) is 6.08 Å². The number of amides is 2. The van der Waals surface area contributed by atoms with E-state index in [2.05, 4.69) is 10.6 Å². The average molecular weight is 417 g/mol. The van der Waals surface area contributed by atoms with Crippen LogP contribution in [0, 0.1) is 0 Å². The Morgan fingerprint density at radius 2 is 1.79 bits per heavy atom. The van der Waals surface area contributed by atoms with Gasteiger partial charge in [-0.05, 0) is 55.3 Å². The van der Waals surface area contributed by atoms with E-state index in [1.165, 1.54) is 13.0 Å². The van der Waals surface area contributed by atoms with Gasteiger partial charge in [-0.15, -0.1) is 0 Å². The fourth-order valence-electron chi connectivity index (χ4n) is 2.49. The molecule has 2 aromatic rings. The highest BCUT2D eigenvalue weighted by molar-refractivity contribution is 6.31. The second-order valence-corrected chi connectivity index (χ2v) is 6.62. The first-order valence-electron chi connectivity index (χ1n) is 9.38. The normalized spacial score (nSPS) is 10.6. The largest absolute Gasteiger partial charge is 0.490 e. The number of carbonyl (C=O) groups is 2. The summed E-state index contributed by atoms with van der Waals surface area (Å²) in [5.74, 6) is 0.704. The summed E-state index contributed by atoms with van der Waals surface area (Å²) in [4.78, 5) is 23.7. The van der Waals surface area contributed by atoms with Crippen molar-refractivity contribution in [3.05, 3.63) is 53.1 Å². The van der Waals surface area contributed by atoms with Crippen LogP contribution in [-0.4, -0.2) is 25.0 Å². The van der Waals surface area contributed by atoms with Crippen LogP contribution in [0.4, 0.5) is 11.4 Å². The number of hydrogen-bond donors (Lipinski definition) is 2. The third kappa shape index (κ3) is 7.16. The fourth-order valence-corrected chi connectivity index (χ4v) is 2.66. The van der Waals surface area contributed by atoms with Crippen LogP contribution in [0.2, 0.25) is 5.02 Å². The van der Waals surface area contributed by atoms with Gasteiger partial charge in [-0.25, -0.2) is 0 Å². The van der Waals surface area contributed by atoms with E-state index in [1.54, 1.807) is 24.3 Å². The first-order valence-corrected chi connectivity index (χ1v) is 9.76. The Labute approximate surface area is 175 Å². The molecule has 2 rings (SSSR count). The highest BCUT2D eigenvalue weighted by Crippen LogP contribution is 2.29. The number of anilines is 2. The molecule has 0 aliphatic rings. The Hall–Kier alpha value is -2.99. The minimum absolute atomic E-state index is 0.243. The van der Waals surface area contributed by atoms with E-state index in [4.69, 9.17) is 21.1 Å². The number of carbonyl (C=O) groups excluding carboxylic acids is 2. The lowest BCUT2D eigenvalue weighted by Crippen LogP contribution is -2.13. The Bertz CT molecular complexity index is 896. The van der Waals surface area contributed by atoms with Crippen LogP contribution in [0.1, 0.15) is 32.8 Å². The molecule has 0 atom stereocenters. The van der Waals surface area contributed by atoms with Crippen molar-refractivity contribution >= 4 is 40.9 Å². The van der Waals surface area contributed by atoms with Gasteiger partial charge in [0, 0.05) is 18.0 Å². The van der Waals surface area contributed by atoms with Gasteiger partial charge in [-0.2, -0.15) is 0 Å². The van der Waals surface area contributed by atoms with Gasteiger partial charge in [0.1, 0.15) is 0 Å². The molecule has 0 saturated carbocycles. The van der Waals surface area contributed by atoms with E-state index in [0.717, 1.165) is 12.0 Å². The molecule has 154 valence electrons. The molecule has 0 bridgehead atoms. The van der Waals surface area contributed by atoms with Gasteiger partial charge in [-0.3, -0.25) is 9.59 Å². The molecular formula is C22H25ClN2O4. The Kier molecular flexibility index (Phi) is 8.55. The number of nitrogens with one attached hydrogen (secondary N) is 2. The molecule has 0 aliphatic heterocycles. The summed E-state index contributed by atoms with van der Waals surface area (Å²) in [6.07, 6.45) is 3.97. The molecule has 0 unspecified atom stereocenters. The highest BCUT2D eigenvalue weighted by Gasteiger charge is 2.08. The maximum atomic E-state index is 12.3. The van der Waals surface area contributed by atoms with Crippen molar-refractivity contribution in [2.24, 2.45) is 0 Å². The lowest BCUT2D eigenvalue weighted by atomic mass is 10.2. The van der Waals surface area contributed by atoms with Crippen LogP contribution in [0.3, 0.4) is 0 Å². The molecule has 29 heavy (non-hydrogen) atoms. The Morgan fingerprint density at radius 1 is 1.00 bits per heavy atom. The molecular weight excluding hydrogens is 392 g/mol. The molecule has 0 spiro atoms. The zero-order chi connectivity index (χ0) is 21.2. The zero-order valence-electron chi connectivity index (χ0n) is 16.8. The first kappa shape index (κ1) is 22.3. The van der Waals surface area contributed by atoms with Crippen LogP contribution in [0.5, 0.6) is 11.5 Å². The van der Waals surface area contributed by atoms with E-state index in [-0.39, 0.29) is 11.8 Å². The SMILES string of the molecule is CCCOc1ccc(C=CC(=O)Nc2cc(Cl)ccc2NC(C)=O)cc1OCC. The zero-order valence-corrected chi connectivity index (χ0v) is 17.5. The van der Waals surface area contributed by atoms with Crippen molar-refractivity contribution in [1.82, 2.24) is 0 Å². The van der Waals surface area contributed by atoms with Crippen molar-refractivity contribution in [2.45, 2.75) is 27.2 Å².